The first-order valence-corrected chi connectivity index (χ1v) is 5.51. The summed E-state index contributed by atoms with van der Waals surface area (Å²) in [6.45, 7) is 1.32. The highest BCUT2D eigenvalue weighted by Gasteiger charge is 2.26. The van der Waals surface area contributed by atoms with Crippen LogP contribution in [0.25, 0.3) is 0 Å². The number of likely N-dealkylation sites (N-methyl/N-ethyl adjacent to an activating group) is 1. The zero-order valence-electron chi connectivity index (χ0n) is 9.76. The Morgan fingerprint density at radius 2 is 2.29 bits per heavy atom. The molecule has 1 amide bonds. The third kappa shape index (κ3) is 2.75. The minimum absolute atomic E-state index is 0.115. The summed E-state index contributed by atoms with van der Waals surface area (Å²) in [5.74, 6) is -0.115. The molecule has 5 nitrogen and oxygen atoms in total. The third-order valence-corrected chi connectivity index (χ3v) is 2.68. The second-order valence-corrected chi connectivity index (χ2v) is 3.93. The summed E-state index contributed by atoms with van der Waals surface area (Å²) < 4.78 is 10.6. The molecule has 5 heteroatoms. The molecule has 0 bridgehead atoms. The fourth-order valence-corrected chi connectivity index (χ4v) is 1.71. The van der Waals surface area contributed by atoms with Crippen LogP contribution in [0.1, 0.15) is 0 Å². The molecule has 1 fully saturated rings. The number of anilines is 2. The van der Waals surface area contributed by atoms with E-state index in [0.717, 1.165) is 5.69 Å². The molecule has 1 atom stereocenters. The first-order valence-electron chi connectivity index (χ1n) is 5.51. The third-order valence-electron chi connectivity index (χ3n) is 2.68. The van der Waals surface area contributed by atoms with Gasteiger partial charge in [0, 0.05) is 18.4 Å². The smallest absolute Gasteiger partial charge is 0.258 e. The van der Waals surface area contributed by atoms with Crippen LogP contribution in [0.3, 0.4) is 0 Å². The van der Waals surface area contributed by atoms with Crippen molar-refractivity contribution in [3.63, 3.8) is 0 Å². The number of hydrogen-bond acceptors (Lipinski definition) is 4. The molecule has 0 aliphatic carbocycles. The van der Waals surface area contributed by atoms with Gasteiger partial charge in [-0.25, -0.2) is 0 Å². The highest BCUT2D eigenvalue weighted by Crippen LogP contribution is 2.18. The van der Waals surface area contributed by atoms with Crippen LogP contribution in [0, 0.1) is 0 Å². The number of nitrogen functional groups attached to an aromatic ring is 1. The van der Waals surface area contributed by atoms with E-state index >= 15 is 0 Å². The molecular weight excluding hydrogens is 220 g/mol. The fraction of sp³-hybridized carbons (Fsp3) is 0.417. The summed E-state index contributed by atoms with van der Waals surface area (Å²) in [5.41, 5.74) is 7.06. The molecular formula is C12H16N2O3. The topological polar surface area (TPSA) is 64.8 Å². The Kier molecular flexibility index (Phi) is 3.61. The summed E-state index contributed by atoms with van der Waals surface area (Å²) in [6.07, 6.45) is -0.518. The second-order valence-electron chi connectivity index (χ2n) is 3.93. The Bertz CT molecular complexity index is 402. The van der Waals surface area contributed by atoms with E-state index in [-0.39, 0.29) is 5.91 Å². The van der Waals surface area contributed by atoms with E-state index in [2.05, 4.69) is 0 Å². The molecule has 1 heterocycles. The number of nitrogens with zero attached hydrogens (tertiary/aromatic N) is 1. The lowest BCUT2D eigenvalue weighted by molar-refractivity contribution is -0.144. The quantitative estimate of drug-likeness (QED) is 0.766. The number of rotatable bonds is 2. The molecule has 0 spiro atoms. The molecule has 1 aliphatic rings. The van der Waals surface area contributed by atoms with E-state index in [9.17, 15) is 4.79 Å². The van der Waals surface area contributed by atoms with E-state index in [1.165, 1.54) is 4.90 Å². The van der Waals surface area contributed by atoms with E-state index in [1.807, 2.05) is 12.1 Å². The maximum absolute atomic E-state index is 12.1. The minimum atomic E-state index is -0.518. The van der Waals surface area contributed by atoms with Crippen molar-refractivity contribution in [1.82, 2.24) is 0 Å². The van der Waals surface area contributed by atoms with Crippen molar-refractivity contribution in [2.75, 3.05) is 37.5 Å². The number of carbonyl (C=O) groups excluding carboxylic acids is 1. The Balaban J connectivity index is 2.08. The van der Waals surface area contributed by atoms with Crippen LogP contribution in [-0.2, 0) is 14.3 Å². The van der Waals surface area contributed by atoms with Gasteiger partial charge in [0.15, 0.2) is 6.10 Å². The minimum Gasteiger partial charge on any atom is -0.399 e. The van der Waals surface area contributed by atoms with Crippen molar-refractivity contribution in [1.29, 1.82) is 0 Å². The van der Waals surface area contributed by atoms with Crippen LogP contribution >= 0.6 is 0 Å². The van der Waals surface area contributed by atoms with Gasteiger partial charge in [0.1, 0.15) is 0 Å². The summed E-state index contributed by atoms with van der Waals surface area (Å²) >= 11 is 0. The first kappa shape index (κ1) is 11.9. The molecule has 2 N–H and O–H groups in total. The molecule has 1 aliphatic heterocycles. The van der Waals surface area contributed by atoms with Gasteiger partial charge in [0.05, 0.1) is 19.8 Å². The summed E-state index contributed by atoms with van der Waals surface area (Å²) in [7, 11) is 1.70. The van der Waals surface area contributed by atoms with Gasteiger partial charge in [-0.05, 0) is 18.2 Å². The van der Waals surface area contributed by atoms with E-state index in [0.29, 0.717) is 25.5 Å². The maximum Gasteiger partial charge on any atom is 0.258 e. The van der Waals surface area contributed by atoms with Gasteiger partial charge in [0.2, 0.25) is 0 Å². The largest absolute Gasteiger partial charge is 0.399 e. The number of benzene rings is 1. The van der Waals surface area contributed by atoms with Gasteiger partial charge in [-0.1, -0.05) is 6.07 Å². The average Bonchev–Trinajstić information content (AvgIpc) is 2.38. The molecule has 92 valence electrons. The van der Waals surface area contributed by atoms with E-state index in [1.54, 1.807) is 19.2 Å². The molecule has 1 saturated heterocycles. The van der Waals surface area contributed by atoms with Gasteiger partial charge in [0.25, 0.3) is 5.91 Å². The highest BCUT2D eigenvalue weighted by atomic mass is 16.6. The van der Waals surface area contributed by atoms with Gasteiger partial charge in [-0.15, -0.1) is 0 Å². The van der Waals surface area contributed by atoms with Crippen LogP contribution in [0.5, 0.6) is 0 Å². The molecule has 2 rings (SSSR count). The van der Waals surface area contributed by atoms with Crippen LogP contribution < -0.4 is 10.6 Å². The van der Waals surface area contributed by atoms with E-state index < -0.39 is 6.10 Å². The van der Waals surface area contributed by atoms with Crippen LogP contribution in [-0.4, -0.2) is 38.9 Å². The first-order chi connectivity index (χ1) is 8.18. The number of nitrogens with two attached hydrogens (primary N) is 1. The number of ether oxygens (including phenoxy) is 2. The molecule has 0 aromatic heterocycles. The monoisotopic (exact) mass is 236 g/mol. The van der Waals surface area contributed by atoms with Gasteiger partial charge in [-0.2, -0.15) is 0 Å². The standard InChI is InChI=1S/C12H16N2O3/c1-14(10-4-2-3-9(13)7-10)12(15)11-8-16-5-6-17-11/h2-4,7,11H,5-6,8,13H2,1H3. The van der Waals surface area contributed by atoms with Crippen molar-refractivity contribution < 1.29 is 14.3 Å². The van der Waals surface area contributed by atoms with Crippen molar-refractivity contribution in [2.24, 2.45) is 0 Å². The molecule has 1 unspecified atom stereocenters. The Morgan fingerprint density at radius 1 is 1.47 bits per heavy atom. The van der Waals surface area contributed by atoms with Crippen LogP contribution in [0.4, 0.5) is 11.4 Å². The number of amides is 1. The normalized spacial score (nSPS) is 19.9. The lowest BCUT2D eigenvalue weighted by Gasteiger charge is -2.26. The van der Waals surface area contributed by atoms with Gasteiger partial charge < -0.3 is 20.1 Å². The Hall–Kier alpha value is -1.59. The van der Waals surface area contributed by atoms with Crippen LogP contribution in [0.15, 0.2) is 24.3 Å². The Labute approximate surface area is 100 Å². The number of hydrogen-bond donors (Lipinski definition) is 1. The Morgan fingerprint density at radius 3 is 2.94 bits per heavy atom. The molecule has 17 heavy (non-hydrogen) atoms. The summed E-state index contributed by atoms with van der Waals surface area (Å²) in [4.78, 5) is 13.6. The highest BCUT2D eigenvalue weighted by molar-refractivity contribution is 5.96. The summed E-state index contributed by atoms with van der Waals surface area (Å²) in [6, 6.07) is 7.17. The average molecular weight is 236 g/mol. The second kappa shape index (κ2) is 5.16. The molecule has 1 aromatic rings. The number of carbonyl (C=O) groups is 1. The predicted molar refractivity (Wildman–Crippen MR) is 64.8 cm³/mol. The SMILES string of the molecule is CN(C(=O)C1COCCO1)c1cccc(N)c1. The van der Waals surface area contributed by atoms with E-state index in [4.69, 9.17) is 15.2 Å². The van der Waals surface area contributed by atoms with Gasteiger partial charge >= 0.3 is 0 Å². The van der Waals surface area contributed by atoms with Crippen molar-refractivity contribution >= 4 is 17.3 Å². The molecule has 1 aromatic carbocycles. The fourth-order valence-electron chi connectivity index (χ4n) is 1.71. The van der Waals surface area contributed by atoms with Gasteiger partial charge in [-0.3, -0.25) is 4.79 Å². The van der Waals surface area contributed by atoms with Crippen molar-refractivity contribution in [3.05, 3.63) is 24.3 Å². The lowest BCUT2D eigenvalue weighted by atomic mass is 10.2. The summed E-state index contributed by atoms with van der Waals surface area (Å²) in [5, 5.41) is 0. The molecule has 0 radical (unpaired) electrons. The zero-order valence-corrected chi connectivity index (χ0v) is 9.76. The lowest BCUT2D eigenvalue weighted by Crippen LogP contribution is -2.43. The van der Waals surface area contributed by atoms with Crippen LogP contribution in [0.2, 0.25) is 0 Å². The maximum atomic E-state index is 12.1. The zero-order chi connectivity index (χ0) is 12.3. The van der Waals surface area contributed by atoms with Crippen molar-refractivity contribution in [3.8, 4) is 0 Å². The predicted octanol–water partition coefficient (Wildman–Crippen LogP) is 0.647. The molecule has 0 saturated carbocycles. The van der Waals surface area contributed by atoms with Crippen molar-refractivity contribution in [2.45, 2.75) is 6.10 Å².